The lowest BCUT2D eigenvalue weighted by atomic mass is 10.1. The van der Waals surface area contributed by atoms with Crippen molar-refractivity contribution in [2.45, 2.75) is 12.8 Å². The van der Waals surface area contributed by atoms with E-state index in [0.717, 1.165) is 22.9 Å². The summed E-state index contributed by atoms with van der Waals surface area (Å²) in [4.78, 5) is 4.43. The molecular weight excluding hydrogens is 330 g/mol. The van der Waals surface area contributed by atoms with Crippen LogP contribution in [0, 0.1) is 0 Å². The summed E-state index contributed by atoms with van der Waals surface area (Å²) in [7, 11) is 0. The van der Waals surface area contributed by atoms with Gasteiger partial charge in [-0.15, -0.1) is 0 Å². The molecule has 0 atom stereocenters. The maximum absolute atomic E-state index is 5.77. The first-order valence-electron chi connectivity index (χ1n) is 6.64. The number of aromatic nitrogens is 2. The number of hydrogen-bond donors (Lipinski definition) is 1. The first kappa shape index (κ1) is 13.8. The Hall–Kier alpha value is -2.14. The fraction of sp³-hybridized carbons (Fsp3) is 0.125. The van der Waals surface area contributed by atoms with Crippen LogP contribution in [-0.2, 0) is 12.8 Å². The van der Waals surface area contributed by atoms with Gasteiger partial charge in [0.25, 0.3) is 5.89 Å². The van der Waals surface area contributed by atoms with E-state index in [4.69, 9.17) is 10.3 Å². The Morgan fingerprint density at radius 2 is 1.86 bits per heavy atom. The molecule has 0 aliphatic carbocycles. The number of rotatable bonds is 4. The van der Waals surface area contributed by atoms with Crippen LogP contribution in [0.5, 0.6) is 0 Å². The molecule has 0 spiro atoms. The average molecular weight is 344 g/mol. The van der Waals surface area contributed by atoms with Gasteiger partial charge in [0.1, 0.15) is 0 Å². The molecule has 2 aromatic carbocycles. The maximum Gasteiger partial charge on any atom is 0.257 e. The van der Waals surface area contributed by atoms with Crippen LogP contribution in [0.25, 0.3) is 11.5 Å². The molecule has 0 radical (unpaired) electrons. The van der Waals surface area contributed by atoms with Gasteiger partial charge in [0, 0.05) is 22.1 Å². The fourth-order valence-electron chi connectivity index (χ4n) is 2.03. The number of nitrogens with zero attached hydrogens (tertiary/aromatic N) is 2. The van der Waals surface area contributed by atoms with Crippen LogP contribution in [-0.4, -0.2) is 10.1 Å². The summed E-state index contributed by atoms with van der Waals surface area (Å²) in [6.07, 6.45) is 1.65. The SMILES string of the molecule is Nc1ccc(-c2nc(CCc3ccccc3)no2)cc1Br. The van der Waals surface area contributed by atoms with Gasteiger partial charge in [0.05, 0.1) is 0 Å². The minimum Gasteiger partial charge on any atom is -0.398 e. The first-order chi connectivity index (χ1) is 10.2. The molecule has 4 nitrogen and oxygen atoms in total. The van der Waals surface area contributed by atoms with Crippen molar-refractivity contribution < 1.29 is 4.52 Å². The lowest BCUT2D eigenvalue weighted by Gasteiger charge is -1.99. The lowest BCUT2D eigenvalue weighted by Crippen LogP contribution is -1.93. The zero-order valence-electron chi connectivity index (χ0n) is 11.3. The van der Waals surface area contributed by atoms with Crippen molar-refractivity contribution in [2.24, 2.45) is 0 Å². The minimum atomic E-state index is 0.513. The van der Waals surface area contributed by atoms with Crippen LogP contribution in [0.1, 0.15) is 11.4 Å². The second-order valence-electron chi connectivity index (χ2n) is 4.74. The van der Waals surface area contributed by atoms with Crippen molar-refractivity contribution in [2.75, 3.05) is 5.73 Å². The van der Waals surface area contributed by atoms with Crippen molar-refractivity contribution in [3.8, 4) is 11.5 Å². The highest BCUT2D eigenvalue weighted by Gasteiger charge is 2.10. The molecule has 1 aromatic heterocycles. The van der Waals surface area contributed by atoms with E-state index in [1.165, 1.54) is 5.56 Å². The summed E-state index contributed by atoms with van der Waals surface area (Å²) in [5.41, 5.74) is 8.57. The van der Waals surface area contributed by atoms with E-state index in [-0.39, 0.29) is 0 Å². The van der Waals surface area contributed by atoms with E-state index in [1.54, 1.807) is 0 Å². The number of nitrogens with two attached hydrogens (primary N) is 1. The van der Waals surface area contributed by atoms with Crippen LogP contribution in [0.2, 0.25) is 0 Å². The highest BCUT2D eigenvalue weighted by molar-refractivity contribution is 9.10. The van der Waals surface area contributed by atoms with Crippen molar-refractivity contribution in [1.29, 1.82) is 0 Å². The number of anilines is 1. The third kappa shape index (κ3) is 3.31. The van der Waals surface area contributed by atoms with Crippen molar-refractivity contribution in [1.82, 2.24) is 10.1 Å². The molecule has 3 rings (SSSR count). The van der Waals surface area contributed by atoms with Crippen LogP contribution in [0.4, 0.5) is 5.69 Å². The van der Waals surface area contributed by atoms with Gasteiger partial charge in [-0.1, -0.05) is 35.5 Å². The summed E-state index contributed by atoms with van der Waals surface area (Å²) in [6, 6.07) is 15.8. The Morgan fingerprint density at radius 1 is 1.05 bits per heavy atom. The van der Waals surface area contributed by atoms with Crippen LogP contribution in [0.15, 0.2) is 57.5 Å². The van der Waals surface area contributed by atoms with Crippen LogP contribution >= 0.6 is 15.9 Å². The smallest absolute Gasteiger partial charge is 0.257 e. The van der Waals surface area contributed by atoms with E-state index in [0.29, 0.717) is 17.4 Å². The highest BCUT2D eigenvalue weighted by atomic mass is 79.9. The molecule has 21 heavy (non-hydrogen) atoms. The monoisotopic (exact) mass is 343 g/mol. The molecule has 0 saturated carbocycles. The van der Waals surface area contributed by atoms with Gasteiger partial charge in [0.15, 0.2) is 5.82 Å². The summed E-state index contributed by atoms with van der Waals surface area (Å²) in [5, 5.41) is 4.03. The second-order valence-corrected chi connectivity index (χ2v) is 5.59. The van der Waals surface area contributed by atoms with Gasteiger partial charge in [-0.3, -0.25) is 0 Å². The van der Waals surface area contributed by atoms with E-state index in [2.05, 4.69) is 38.2 Å². The van der Waals surface area contributed by atoms with Gasteiger partial charge >= 0.3 is 0 Å². The predicted molar refractivity (Wildman–Crippen MR) is 85.7 cm³/mol. The standard InChI is InChI=1S/C16H14BrN3O/c17-13-10-12(7-8-14(13)18)16-19-15(20-21-16)9-6-11-4-2-1-3-5-11/h1-5,7-8,10H,6,9,18H2. The van der Waals surface area contributed by atoms with Crippen molar-refractivity contribution >= 4 is 21.6 Å². The number of aryl methyl sites for hydroxylation is 2. The molecule has 0 fully saturated rings. The number of hydrogen-bond acceptors (Lipinski definition) is 4. The molecule has 0 amide bonds. The number of benzene rings is 2. The molecule has 0 aliphatic rings. The summed E-state index contributed by atoms with van der Waals surface area (Å²) in [6.45, 7) is 0. The second kappa shape index (κ2) is 6.10. The first-order valence-corrected chi connectivity index (χ1v) is 7.43. The third-order valence-electron chi connectivity index (χ3n) is 3.20. The molecule has 5 heteroatoms. The van der Waals surface area contributed by atoms with E-state index in [1.807, 2.05) is 36.4 Å². The molecule has 3 aromatic rings. The van der Waals surface area contributed by atoms with Gasteiger partial charge in [0.2, 0.25) is 0 Å². The molecule has 0 bridgehead atoms. The largest absolute Gasteiger partial charge is 0.398 e. The summed E-state index contributed by atoms with van der Waals surface area (Å²) >= 11 is 3.40. The quantitative estimate of drug-likeness (QED) is 0.730. The van der Waals surface area contributed by atoms with Crippen LogP contribution < -0.4 is 5.73 Å². The average Bonchev–Trinajstić information content (AvgIpc) is 2.98. The van der Waals surface area contributed by atoms with Crippen molar-refractivity contribution in [3.63, 3.8) is 0 Å². The summed E-state index contributed by atoms with van der Waals surface area (Å²) < 4.78 is 6.13. The van der Waals surface area contributed by atoms with Gasteiger partial charge < -0.3 is 10.3 Å². The Bertz CT molecular complexity index is 740. The Labute approximate surface area is 131 Å². The van der Waals surface area contributed by atoms with Crippen molar-refractivity contribution in [3.05, 3.63) is 64.4 Å². The molecule has 0 aliphatic heterocycles. The zero-order valence-corrected chi connectivity index (χ0v) is 12.9. The molecular formula is C16H14BrN3O. The lowest BCUT2D eigenvalue weighted by molar-refractivity contribution is 0.422. The third-order valence-corrected chi connectivity index (χ3v) is 3.88. The van der Waals surface area contributed by atoms with E-state index >= 15 is 0 Å². The molecule has 1 heterocycles. The molecule has 0 saturated heterocycles. The van der Waals surface area contributed by atoms with Gasteiger partial charge in [-0.25, -0.2) is 0 Å². The van der Waals surface area contributed by atoms with E-state index in [9.17, 15) is 0 Å². The summed E-state index contributed by atoms with van der Waals surface area (Å²) in [5.74, 6) is 1.22. The highest BCUT2D eigenvalue weighted by Crippen LogP contribution is 2.26. The normalized spacial score (nSPS) is 10.7. The number of halogens is 1. The Kier molecular flexibility index (Phi) is 4.01. The predicted octanol–water partition coefficient (Wildman–Crippen LogP) is 3.87. The Morgan fingerprint density at radius 3 is 2.62 bits per heavy atom. The van der Waals surface area contributed by atoms with Gasteiger partial charge in [-0.2, -0.15) is 4.98 Å². The maximum atomic E-state index is 5.77. The van der Waals surface area contributed by atoms with Crippen LogP contribution in [0.3, 0.4) is 0 Å². The Balaban J connectivity index is 1.72. The minimum absolute atomic E-state index is 0.513. The molecule has 0 unspecified atom stereocenters. The zero-order chi connectivity index (χ0) is 14.7. The molecule has 106 valence electrons. The molecule has 2 N–H and O–H groups in total. The topological polar surface area (TPSA) is 64.9 Å². The fourth-order valence-corrected chi connectivity index (χ4v) is 2.41. The van der Waals surface area contributed by atoms with E-state index < -0.39 is 0 Å². The number of nitrogen functional groups attached to an aromatic ring is 1. The van der Waals surface area contributed by atoms with Gasteiger partial charge in [-0.05, 0) is 46.1 Å².